The van der Waals surface area contributed by atoms with E-state index in [1.807, 2.05) is 19.1 Å². The average Bonchev–Trinajstić information content (AvgIpc) is 2.88. The second-order valence-corrected chi connectivity index (χ2v) is 6.04. The Morgan fingerprint density at radius 2 is 1.89 bits per heavy atom. The summed E-state index contributed by atoms with van der Waals surface area (Å²) in [5, 5.41) is 6.99. The van der Waals surface area contributed by atoms with Crippen molar-refractivity contribution in [2.75, 3.05) is 19.0 Å². The van der Waals surface area contributed by atoms with Crippen molar-refractivity contribution in [3.05, 3.63) is 35.7 Å². The van der Waals surface area contributed by atoms with E-state index in [9.17, 15) is 9.59 Å². The Balaban J connectivity index is 1.81. The minimum atomic E-state index is -0.928. The summed E-state index contributed by atoms with van der Waals surface area (Å²) in [4.78, 5) is 24.2. The highest BCUT2D eigenvalue weighted by atomic mass is 16.6. The molecule has 0 aliphatic heterocycles. The quantitative estimate of drug-likeness (QED) is 0.713. The maximum Gasteiger partial charge on any atom is 0.310 e. The third kappa shape index (κ3) is 5.22. The van der Waals surface area contributed by atoms with E-state index in [4.69, 9.17) is 14.2 Å². The number of carbonyl (C=O) groups excluding carboxylic acids is 2. The van der Waals surface area contributed by atoms with Crippen LogP contribution in [0.25, 0.3) is 0 Å². The molecular formula is C19H25N3O5. The van der Waals surface area contributed by atoms with Gasteiger partial charge in [-0.2, -0.15) is 5.10 Å². The molecule has 1 heterocycles. The normalized spacial score (nSPS) is 11.6. The summed E-state index contributed by atoms with van der Waals surface area (Å²) in [5.74, 6) is 0.197. The smallest absolute Gasteiger partial charge is 0.310 e. The highest BCUT2D eigenvalue weighted by Crippen LogP contribution is 2.25. The minimum Gasteiger partial charge on any atom is -0.493 e. The number of anilines is 1. The van der Waals surface area contributed by atoms with Crippen molar-refractivity contribution in [2.45, 2.75) is 33.3 Å². The number of ether oxygens (including phenoxy) is 3. The second kappa shape index (κ2) is 9.07. The Morgan fingerprint density at radius 1 is 1.22 bits per heavy atom. The average molecular weight is 375 g/mol. The number of nitrogens with one attached hydrogen (secondary N) is 1. The SMILES string of the molecule is COc1ccccc1OCCC(=O)OC(C)C(=O)Nc1c(C)nn(C)c1C. The van der Waals surface area contributed by atoms with Crippen molar-refractivity contribution in [1.29, 1.82) is 0 Å². The first-order valence-corrected chi connectivity index (χ1v) is 8.59. The van der Waals surface area contributed by atoms with Crippen LogP contribution in [0.15, 0.2) is 24.3 Å². The van der Waals surface area contributed by atoms with E-state index in [0.717, 1.165) is 5.69 Å². The van der Waals surface area contributed by atoms with Crippen molar-refractivity contribution in [3.63, 3.8) is 0 Å². The van der Waals surface area contributed by atoms with Crippen molar-refractivity contribution in [1.82, 2.24) is 9.78 Å². The molecule has 8 nitrogen and oxygen atoms in total. The van der Waals surface area contributed by atoms with Crippen LogP contribution in [0.2, 0.25) is 0 Å². The number of amides is 1. The number of esters is 1. The molecule has 1 atom stereocenters. The fourth-order valence-electron chi connectivity index (χ4n) is 2.47. The molecule has 0 saturated heterocycles. The van der Waals surface area contributed by atoms with Gasteiger partial charge in [-0.3, -0.25) is 14.3 Å². The summed E-state index contributed by atoms with van der Waals surface area (Å²) in [6, 6.07) is 7.15. The molecular weight excluding hydrogens is 350 g/mol. The third-order valence-corrected chi connectivity index (χ3v) is 4.07. The third-order valence-electron chi connectivity index (χ3n) is 4.07. The number of benzene rings is 1. The van der Waals surface area contributed by atoms with Crippen molar-refractivity contribution >= 4 is 17.6 Å². The number of hydrogen-bond acceptors (Lipinski definition) is 6. The van der Waals surface area contributed by atoms with Crippen LogP contribution in [-0.4, -0.2) is 41.5 Å². The number of hydrogen-bond donors (Lipinski definition) is 1. The molecule has 0 spiro atoms. The molecule has 1 amide bonds. The lowest BCUT2D eigenvalue weighted by molar-refractivity contribution is -0.153. The van der Waals surface area contributed by atoms with Gasteiger partial charge in [0.15, 0.2) is 17.6 Å². The van der Waals surface area contributed by atoms with Gasteiger partial charge in [-0.15, -0.1) is 0 Å². The molecule has 146 valence electrons. The lowest BCUT2D eigenvalue weighted by Crippen LogP contribution is -2.30. The summed E-state index contributed by atoms with van der Waals surface area (Å²) in [6.07, 6.45) is -0.913. The van der Waals surface area contributed by atoms with Gasteiger partial charge in [0.25, 0.3) is 5.91 Å². The van der Waals surface area contributed by atoms with E-state index < -0.39 is 18.0 Å². The molecule has 8 heteroatoms. The largest absolute Gasteiger partial charge is 0.493 e. The van der Waals surface area contributed by atoms with Gasteiger partial charge in [0.2, 0.25) is 0 Å². The Kier molecular flexibility index (Phi) is 6.81. The molecule has 1 aromatic heterocycles. The van der Waals surface area contributed by atoms with Gasteiger partial charge < -0.3 is 19.5 Å². The number of aryl methyl sites for hydroxylation is 2. The highest BCUT2D eigenvalue weighted by molar-refractivity contribution is 5.96. The topological polar surface area (TPSA) is 91.7 Å². The van der Waals surface area contributed by atoms with Crippen LogP contribution >= 0.6 is 0 Å². The maximum atomic E-state index is 12.3. The van der Waals surface area contributed by atoms with Gasteiger partial charge in [0.1, 0.15) is 0 Å². The molecule has 0 radical (unpaired) electrons. The van der Waals surface area contributed by atoms with Crippen LogP contribution in [0.3, 0.4) is 0 Å². The number of rotatable bonds is 8. The molecule has 0 aliphatic carbocycles. The Labute approximate surface area is 158 Å². The molecule has 1 N–H and O–H groups in total. The molecule has 0 aliphatic rings. The minimum absolute atomic E-state index is 0.0145. The Hall–Kier alpha value is -3.03. The number of methoxy groups -OCH3 is 1. The molecule has 27 heavy (non-hydrogen) atoms. The molecule has 1 unspecified atom stereocenters. The fourth-order valence-corrected chi connectivity index (χ4v) is 2.47. The zero-order chi connectivity index (χ0) is 20.0. The highest BCUT2D eigenvalue weighted by Gasteiger charge is 2.21. The lowest BCUT2D eigenvalue weighted by atomic mass is 10.3. The van der Waals surface area contributed by atoms with Gasteiger partial charge in [0, 0.05) is 7.05 Å². The zero-order valence-corrected chi connectivity index (χ0v) is 16.2. The summed E-state index contributed by atoms with van der Waals surface area (Å²) < 4.78 is 17.6. The predicted octanol–water partition coefficient (Wildman–Crippen LogP) is 2.38. The van der Waals surface area contributed by atoms with Crippen LogP contribution in [0.5, 0.6) is 11.5 Å². The van der Waals surface area contributed by atoms with Crippen LogP contribution < -0.4 is 14.8 Å². The van der Waals surface area contributed by atoms with E-state index in [1.165, 1.54) is 6.92 Å². The van der Waals surface area contributed by atoms with E-state index in [0.29, 0.717) is 22.9 Å². The van der Waals surface area contributed by atoms with Crippen molar-refractivity contribution in [3.8, 4) is 11.5 Å². The van der Waals surface area contributed by atoms with Crippen molar-refractivity contribution in [2.24, 2.45) is 7.05 Å². The Bertz CT molecular complexity index is 816. The number of aromatic nitrogens is 2. The first-order chi connectivity index (χ1) is 12.8. The van der Waals surface area contributed by atoms with Gasteiger partial charge in [-0.05, 0) is 32.9 Å². The van der Waals surface area contributed by atoms with Crippen LogP contribution in [-0.2, 0) is 21.4 Å². The lowest BCUT2D eigenvalue weighted by Gasteiger charge is -2.14. The number of para-hydroxylation sites is 2. The maximum absolute atomic E-state index is 12.3. The first kappa shape index (κ1) is 20.3. The molecule has 2 aromatic rings. The van der Waals surface area contributed by atoms with Crippen LogP contribution in [0.1, 0.15) is 24.7 Å². The van der Waals surface area contributed by atoms with E-state index in [2.05, 4.69) is 10.4 Å². The van der Waals surface area contributed by atoms with Gasteiger partial charge in [-0.25, -0.2) is 0 Å². The number of nitrogens with zero attached hydrogens (tertiary/aromatic N) is 2. The van der Waals surface area contributed by atoms with Crippen molar-refractivity contribution < 1.29 is 23.8 Å². The number of carbonyl (C=O) groups is 2. The Morgan fingerprint density at radius 3 is 2.48 bits per heavy atom. The molecule has 2 rings (SSSR count). The van der Waals surface area contributed by atoms with Crippen LogP contribution in [0.4, 0.5) is 5.69 Å². The van der Waals surface area contributed by atoms with E-state index in [1.54, 1.807) is 37.9 Å². The summed E-state index contributed by atoms with van der Waals surface area (Å²) >= 11 is 0. The molecule has 0 saturated carbocycles. The predicted molar refractivity (Wildman–Crippen MR) is 100.0 cm³/mol. The first-order valence-electron chi connectivity index (χ1n) is 8.59. The fraction of sp³-hybridized carbons (Fsp3) is 0.421. The second-order valence-electron chi connectivity index (χ2n) is 6.04. The zero-order valence-electron chi connectivity index (χ0n) is 16.2. The summed E-state index contributed by atoms with van der Waals surface area (Å²) in [7, 11) is 3.34. The standard InChI is InChI=1S/C19H25N3O5/c1-12-18(13(2)22(4)21-12)20-19(24)14(3)27-17(23)10-11-26-16-9-7-6-8-15(16)25-5/h6-9,14H,10-11H2,1-5H3,(H,20,24). The molecule has 1 aromatic carbocycles. The van der Waals surface area contributed by atoms with E-state index in [-0.39, 0.29) is 13.0 Å². The van der Waals surface area contributed by atoms with Gasteiger partial charge in [0.05, 0.1) is 37.2 Å². The monoisotopic (exact) mass is 375 g/mol. The molecule has 0 bridgehead atoms. The summed E-state index contributed by atoms with van der Waals surface area (Å²) in [6.45, 7) is 5.29. The van der Waals surface area contributed by atoms with Crippen LogP contribution in [0, 0.1) is 13.8 Å². The van der Waals surface area contributed by atoms with Gasteiger partial charge in [-0.1, -0.05) is 12.1 Å². The molecule has 0 fully saturated rings. The summed E-state index contributed by atoms with van der Waals surface area (Å²) in [5.41, 5.74) is 2.15. The van der Waals surface area contributed by atoms with E-state index >= 15 is 0 Å². The van der Waals surface area contributed by atoms with Gasteiger partial charge >= 0.3 is 5.97 Å².